The summed E-state index contributed by atoms with van der Waals surface area (Å²) in [6.07, 6.45) is -4.07. The van der Waals surface area contributed by atoms with Gasteiger partial charge in [0.1, 0.15) is 46.3 Å². The van der Waals surface area contributed by atoms with Gasteiger partial charge in [-0.05, 0) is 30.7 Å². The van der Waals surface area contributed by atoms with Crippen LogP contribution >= 0.6 is 11.6 Å². The van der Waals surface area contributed by atoms with Gasteiger partial charge in [0.2, 0.25) is 0 Å². The van der Waals surface area contributed by atoms with Crippen LogP contribution < -0.4 is 9.47 Å². The minimum Gasteiger partial charge on any atom is -0.496 e. The Balaban J connectivity index is 1.78. The van der Waals surface area contributed by atoms with E-state index in [0.29, 0.717) is 22.6 Å². The van der Waals surface area contributed by atoms with Crippen molar-refractivity contribution in [2.75, 3.05) is 7.11 Å². The predicted molar refractivity (Wildman–Crippen MR) is 103 cm³/mol. The Hall–Kier alpha value is -2.81. The summed E-state index contributed by atoms with van der Waals surface area (Å²) in [5, 5.41) is 0.102. The summed E-state index contributed by atoms with van der Waals surface area (Å²) in [7, 11) is 1.43. The summed E-state index contributed by atoms with van der Waals surface area (Å²) in [6, 6.07) is 6.14. The van der Waals surface area contributed by atoms with Gasteiger partial charge in [0, 0.05) is 24.2 Å². The molecule has 30 heavy (non-hydrogen) atoms. The number of alkyl halides is 3. The molecular formula is C20H18ClF4N3O2. The molecule has 0 saturated carbocycles. The zero-order chi connectivity index (χ0) is 21.9. The fourth-order valence-electron chi connectivity index (χ4n) is 2.73. The molecule has 0 radical (unpaired) electrons. The molecule has 3 rings (SSSR count). The van der Waals surface area contributed by atoms with Crippen LogP contribution in [0.4, 0.5) is 17.6 Å². The lowest BCUT2D eigenvalue weighted by atomic mass is 10.1. The number of halogens is 5. The molecule has 0 aliphatic rings. The minimum atomic E-state index is -4.29. The molecule has 0 unspecified atom stereocenters. The van der Waals surface area contributed by atoms with E-state index in [2.05, 4.69) is 15.0 Å². The highest BCUT2D eigenvalue weighted by Gasteiger charge is 2.27. The van der Waals surface area contributed by atoms with Crippen molar-refractivity contribution in [1.82, 2.24) is 15.0 Å². The average molecular weight is 444 g/mol. The van der Waals surface area contributed by atoms with Crippen molar-refractivity contribution >= 4 is 11.6 Å². The van der Waals surface area contributed by atoms with E-state index in [0.717, 1.165) is 0 Å². The van der Waals surface area contributed by atoms with Gasteiger partial charge in [-0.15, -0.1) is 0 Å². The molecule has 0 aliphatic carbocycles. The maximum Gasteiger partial charge on any atom is 0.389 e. The molecule has 2 aromatic heterocycles. The molecule has 0 aliphatic heterocycles. The summed E-state index contributed by atoms with van der Waals surface area (Å²) >= 11 is 6.13. The molecular weight excluding hydrogens is 426 g/mol. The third kappa shape index (κ3) is 5.41. The average Bonchev–Trinajstić information content (AvgIpc) is 3.05. The summed E-state index contributed by atoms with van der Waals surface area (Å²) in [6.45, 7) is 1.65. The zero-order valence-electron chi connectivity index (χ0n) is 16.1. The number of ether oxygens (including phenoxy) is 2. The van der Waals surface area contributed by atoms with Gasteiger partial charge in [-0.25, -0.2) is 9.37 Å². The fraction of sp³-hybridized carbons (Fsp3) is 0.300. The van der Waals surface area contributed by atoms with Gasteiger partial charge in [0.15, 0.2) is 0 Å². The third-order valence-corrected chi connectivity index (χ3v) is 4.49. The summed E-state index contributed by atoms with van der Waals surface area (Å²) < 4.78 is 62.2. The SMILES string of the molecule is COc1cc(OCc2ncc(C)cc2F)ccc1-c1nc(CCC(F)(F)F)[nH]c1Cl. The highest BCUT2D eigenvalue weighted by Crippen LogP contribution is 2.36. The van der Waals surface area contributed by atoms with Crippen molar-refractivity contribution in [3.05, 3.63) is 58.5 Å². The molecule has 160 valence electrons. The van der Waals surface area contributed by atoms with Crippen LogP contribution in [0.2, 0.25) is 5.15 Å². The lowest BCUT2D eigenvalue weighted by Crippen LogP contribution is -2.09. The first-order valence-electron chi connectivity index (χ1n) is 8.89. The smallest absolute Gasteiger partial charge is 0.389 e. The van der Waals surface area contributed by atoms with Crippen LogP contribution in [0.5, 0.6) is 11.5 Å². The van der Waals surface area contributed by atoms with Crippen molar-refractivity contribution in [2.24, 2.45) is 0 Å². The Kier molecular flexibility index (Phi) is 6.50. The van der Waals surface area contributed by atoms with Gasteiger partial charge < -0.3 is 14.5 Å². The summed E-state index contributed by atoms with van der Waals surface area (Å²) in [4.78, 5) is 10.8. The molecule has 1 aromatic carbocycles. The van der Waals surface area contributed by atoms with E-state index in [4.69, 9.17) is 21.1 Å². The molecule has 1 N–H and O–H groups in total. The monoisotopic (exact) mass is 443 g/mol. The van der Waals surface area contributed by atoms with E-state index in [1.807, 2.05) is 0 Å². The normalized spacial score (nSPS) is 11.6. The van der Waals surface area contributed by atoms with Crippen LogP contribution in [0.3, 0.4) is 0 Å². The number of methoxy groups -OCH3 is 1. The Morgan fingerprint density at radius 1 is 1.20 bits per heavy atom. The number of nitrogens with one attached hydrogen (secondary N) is 1. The van der Waals surface area contributed by atoms with Crippen LogP contribution in [0, 0.1) is 12.7 Å². The first-order chi connectivity index (χ1) is 14.2. The molecule has 3 aromatic rings. The van der Waals surface area contributed by atoms with Crippen LogP contribution in [0.1, 0.15) is 23.5 Å². The van der Waals surface area contributed by atoms with E-state index >= 15 is 0 Å². The van der Waals surface area contributed by atoms with Crippen molar-refractivity contribution in [1.29, 1.82) is 0 Å². The summed E-state index contributed by atoms with van der Waals surface area (Å²) in [5.74, 6) is 0.394. The Labute approximate surface area is 175 Å². The second kappa shape index (κ2) is 8.91. The van der Waals surface area contributed by atoms with Crippen LogP contribution in [-0.2, 0) is 13.0 Å². The first kappa shape index (κ1) is 21.9. The lowest BCUT2D eigenvalue weighted by Gasteiger charge is -2.11. The van der Waals surface area contributed by atoms with E-state index < -0.39 is 18.4 Å². The number of hydrogen-bond acceptors (Lipinski definition) is 4. The number of imidazole rings is 1. The number of benzene rings is 1. The topological polar surface area (TPSA) is 60.0 Å². The highest BCUT2D eigenvalue weighted by atomic mass is 35.5. The van der Waals surface area contributed by atoms with Crippen LogP contribution in [-0.4, -0.2) is 28.2 Å². The van der Waals surface area contributed by atoms with Gasteiger partial charge in [-0.1, -0.05) is 11.6 Å². The molecule has 10 heteroatoms. The molecule has 5 nitrogen and oxygen atoms in total. The summed E-state index contributed by atoms with van der Waals surface area (Å²) in [5.41, 5.74) is 1.61. The van der Waals surface area contributed by atoms with Crippen LogP contribution in [0.25, 0.3) is 11.3 Å². The quantitative estimate of drug-likeness (QED) is 0.479. The van der Waals surface area contributed by atoms with E-state index in [1.54, 1.807) is 31.3 Å². The Morgan fingerprint density at radius 2 is 1.97 bits per heavy atom. The third-order valence-electron chi connectivity index (χ3n) is 4.21. The number of rotatable bonds is 7. The maximum absolute atomic E-state index is 13.9. The minimum absolute atomic E-state index is 0.0840. The van der Waals surface area contributed by atoms with Crippen LogP contribution in [0.15, 0.2) is 30.5 Å². The van der Waals surface area contributed by atoms with Gasteiger partial charge in [-0.3, -0.25) is 4.98 Å². The number of H-pyrrole nitrogens is 1. The first-order valence-corrected chi connectivity index (χ1v) is 9.27. The number of aromatic nitrogens is 3. The largest absolute Gasteiger partial charge is 0.496 e. The van der Waals surface area contributed by atoms with E-state index in [1.165, 1.54) is 13.2 Å². The fourth-order valence-corrected chi connectivity index (χ4v) is 2.98. The highest BCUT2D eigenvalue weighted by molar-refractivity contribution is 6.32. The standard InChI is InChI=1S/C20H18ClF4N3O2/c1-11-7-14(22)15(26-9-11)10-30-12-3-4-13(16(8-12)29-2)18-19(21)28-17(27-18)5-6-20(23,24)25/h3-4,7-9H,5-6,10H2,1-2H3,(H,27,28). The molecule has 0 fully saturated rings. The lowest BCUT2D eigenvalue weighted by molar-refractivity contribution is -0.134. The zero-order valence-corrected chi connectivity index (χ0v) is 16.9. The van der Waals surface area contributed by atoms with Gasteiger partial charge >= 0.3 is 6.18 Å². The molecule has 0 saturated heterocycles. The number of aromatic amines is 1. The van der Waals surface area contributed by atoms with Crippen molar-refractivity contribution in [3.63, 3.8) is 0 Å². The number of pyridine rings is 1. The van der Waals surface area contributed by atoms with Gasteiger partial charge in [0.05, 0.1) is 13.5 Å². The second-order valence-corrected chi connectivity index (χ2v) is 6.93. The van der Waals surface area contributed by atoms with Crippen molar-refractivity contribution in [2.45, 2.75) is 32.5 Å². The Morgan fingerprint density at radius 3 is 2.63 bits per heavy atom. The van der Waals surface area contributed by atoms with Gasteiger partial charge in [0.25, 0.3) is 0 Å². The molecule has 0 bridgehead atoms. The predicted octanol–water partition coefficient (Wildman–Crippen LogP) is 5.66. The Bertz CT molecular complexity index is 1040. The van der Waals surface area contributed by atoms with Crippen molar-refractivity contribution in [3.8, 4) is 22.8 Å². The second-order valence-electron chi connectivity index (χ2n) is 6.55. The van der Waals surface area contributed by atoms with Gasteiger partial charge in [-0.2, -0.15) is 13.2 Å². The number of hydrogen-bond donors (Lipinski definition) is 1. The van der Waals surface area contributed by atoms with Crippen molar-refractivity contribution < 1.29 is 27.0 Å². The number of nitrogens with zero attached hydrogens (tertiary/aromatic N) is 2. The molecule has 0 amide bonds. The maximum atomic E-state index is 13.9. The number of aryl methyl sites for hydroxylation is 2. The molecule has 2 heterocycles. The van der Waals surface area contributed by atoms with E-state index in [9.17, 15) is 17.6 Å². The molecule has 0 atom stereocenters. The van der Waals surface area contributed by atoms with E-state index in [-0.39, 0.29) is 35.4 Å². The molecule has 0 spiro atoms.